The number of hydrogen-bond acceptors (Lipinski definition) is 6. The van der Waals surface area contributed by atoms with Crippen molar-refractivity contribution in [1.82, 2.24) is 4.90 Å². The van der Waals surface area contributed by atoms with E-state index in [0.29, 0.717) is 24.3 Å². The lowest BCUT2D eigenvalue weighted by Crippen LogP contribution is -2.24. The van der Waals surface area contributed by atoms with E-state index in [9.17, 15) is 14.7 Å². The van der Waals surface area contributed by atoms with E-state index >= 15 is 0 Å². The first-order chi connectivity index (χ1) is 12.0. The lowest BCUT2D eigenvalue weighted by Gasteiger charge is -2.23. The number of likely N-dealkylation sites (N-methyl/N-ethyl adjacent to an activating group) is 1. The zero-order valence-corrected chi connectivity index (χ0v) is 16.7. The summed E-state index contributed by atoms with van der Waals surface area (Å²) in [6.45, 7) is 1.02. The SMILES string of the molecule is CN(C)CCOc1cc(CN)c(O)c2c1C(=O)c1ccccc1C2=O.Cl.Cl. The first-order valence-electron chi connectivity index (χ1n) is 8.00. The van der Waals surface area contributed by atoms with Gasteiger partial charge in [-0.05, 0) is 20.2 Å². The molecule has 6 nitrogen and oxygen atoms in total. The van der Waals surface area contributed by atoms with Gasteiger partial charge in [0.15, 0.2) is 11.6 Å². The summed E-state index contributed by atoms with van der Waals surface area (Å²) in [5.41, 5.74) is 6.74. The predicted molar refractivity (Wildman–Crippen MR) is 108 cm³/mol. The van der Waals surface area contributed by atoms with E-state index < -0.39 is 5.78 Å². The number of aromatic hydroxyl groups is 1. The number of hydrogen-bond donors (Lipinski definition) is 2. The lowest BCUT2D eigenvalue weighted by molar-refractivity contribution is 0.0972. The monoisotopic (exact) mass is 412 g/mol. The Bertz CT molecular complexity index is 869. The number of halogens is 2. The van der Waals surface area contributed by atoms with Gasteiger partial charge in [0.1, 0.15) is 18.1 Å². The van der Waals surface area contributed by atoms with Crippen molar-refractivity contribution >= 4 is 36.4 Å². The van der Waals surface area contributed by atoms with Gasteiger partial charge in [-0.1, -0.05) is 24.3 Å². The van der Waals surface area contributed by atoms with E-state index in [1.807, 2.05) is 19.0 Å². The highest BCUT2D eigenvalue weighted by molar-refractivity contribution is 6.30. The lowest BCUT2D eigenvalue weighted by atomic mass is 9.82. The molecule has 0 spiro atoms. The van der Waals surface area contributed by atoms with Gasteiger partial charge >= 0.3 is 0 Å². The van der Waals surface area contributed by atoms with E-state index in [0.717, 1.165) is 0 Å². The first-order valence-corrected chi connectivity index (χ1v) is 8.00. The van der Waals surface area contributed by atoms with Crippen LogP contribution in [0.4, 0.5) is 0 Å². The molecule has 1 aliphatic rings. The van der Waals surface area contributed by atoms with Gasteiger partial charge < -0.3 is 20.5 Å². The molecule has 0 aromatic heterocycles. The summed E-state index contributed by atoms with van der Waals surface area (Å²) in [6.07, 6.45) is 0. The van der Waals surface area contributed by atoms with Crippen LogP contribution in [0.15, 0.2) is 30.3 Å². The van der Waals surface area contributed by atoms with Crippen molar-refractivity contribution in [1.29, 1.82) is 0 Å². The molecule has 3 N–H and O–H groups in total. The van der Waals surface area contributed by atoms with Crippen LogP contribution in [0.5, 0.6) is 11.5 Å². The molecule has 3 rings (SSSR count). The average Bonchev–Trinajstić information content (AvgIpc) is 2.60. The molecule has 146 valence electrons. The predicted octanol–water partition coefficient (Wildman–Crippen LogP) is 2.41. The minimum absolute atomic E-state index is 0. The van der Waals surface area contributed by atoms with Crippen molar-refractivity contribution < 1.29 is 19.4 Å². The maximum Gasteiger partial charge on any atom is 0.198 e. The molecule has 0 atom stereocenters. The number of nitrogens with two attached hydrogens (primary N) is 1. The van der Waals surface area contributed by atoms with E-state index in [1.54, 1.807) is 30.3 Å². The molecule has 2 aromatic carbocycles. The van der Waals surface area contributed by atoms with Gasteiger partial charge in [0.25, 0.3) is 0 Å². The third kappa shape index (κ3) is 4.09. The first kappa shape index (κ1) is 22.9. The van der Waals surface area contributed by atoms with Crippen molar-refractivity contribution in [2.24, 2.45) is 5.73 Å². The van der Waals surface area contributed by atoms with E-state index in [4.69, 9.17) is 10.5 Å². The fourth-order valence-corrected chi connectivity index (χ4v) is 2.90. The Labute approximate surface area is 170 Å². The number of carbonyl (C=O) groups excluding carboxylic acids is 2. The minimum atomic E-state index is -0.393. The normalized spacial score (nSPS) is 12.0. The van der Waals surface area contributed by atoms with E-state index in [2.05, 4.69) is 0 Å². The molecule has 0 saturated heterocycles. The van der Waals surface area contributed by atoms with Crippen molar-refractivity contribution in [3.05, 3.63) is 58.1 Å². The second kappa shape index (κ2) is 9.19. The molecular weight excluding hydrogens is 391 g/mol. The Morgan fingerprint density at radius 3 is 2.11 bits per heavy atom. The van der Waals surface area contributed by atoms with Crippen LogP contribution >= 0.6 is 24.8 Å². The fourth-order valence-electron chi connectivity index (χ4n) is 2.90. The number of fused-ring (bicyclic) bond motifs is 2. The zero-order valence-electron chi connectivity index (χ0n) is 15.0. The molecule has 0 fully saturated rings. The summed E-state index contributed by atoms with van der Waals surface area (Å²) in [5.74, 6) is -0.687. The number of nitrogens with zero attached hydrogens (tertiary/aromatic N) is 1. The summed E-state index contributed by atoms with van der Waals surface area (Å²) in [5, 5.41) is 10.5. The average molecular weight is 413 g/mol. The Hall–Kier alpha value is -2.12. The number of rotatable bonds is 5. The van der Waals surface area contributed by atoms with Crippen LogP contribution in [0, 0.1) is 0 Å². The number of phenols is 1. The Balaban J connectivity index is 0.00000182. The van der Waals surface area contributed by atoms with Crippen LogP contribution in [0.3, 0.4) is 0 Å². The highest BCUT2D eigenvalue weighted by Crippen LogP contribution is 2.40. The highest BCUT2D eigenvalue weighted by Gasteiger charge is 2.35. The fraction of sp³-hybridized carbons (Fsp3) is 0.263. The molecule has 8 heteroatoms. The number of ether oxygens (including phenoxy) is 1. The summed E-state index contributed by atoms with van der Waals surface area (Å²) >= 11 is 0. The quantitative estimate of drug-likeness (QED) is 0.668. The maximum atomic E-state index is 12.9. The molecule has 1 aliphatic carbocycles. The number of carbonyl (C=O) groups is 2. The second-order valence-corrected chi connectivity index (χ2v) is 6.19. The highest BCUT2D eigenvalue weighted by atomic mass is 35.5. The summed E-state index contributed by atoms with van der Waals surface area (Å²) in [6, 6.07) is 8.13. The van der Waals surface area contributed by atoms with Gasteiger partial charge in [0.05, 0.1) is 11.1 Å². The van der Waals surface area contributed by atoms with Crippen LogP contribution in [-0.2, 0) is 6.54 Å². The molecule has 0 radical (unpaired) electrons. The van der Waals surface area contributed by atoms with Gasteiger partial charge in [-0.15, -0.1) is 24.8 Å². The third-order valence-electron chi connectivity index (χ3n) is 4.23. The van der Waals surface area contributed by atoms with Crippen molar-refractivity contribution in [3.63, 3.8) is 0 Å². The minimum Gasteiger partial charge on any atom is -0.507 e. The maximum absolute atomic E-state index is 12.9. The van der Waals surface area contributed by atoms with Crippen LogP contribution < -0.4 is 10.5 Å². The summed E-state index contributed by atoms with van der Waals surface area (Å²) in [7, 11) is 3.82. The van der Waals surface area contributed by atoms with Gasteiger partial charge in [-0.25, -0.2) is 0 Å². The standard InChI is InChI=1S/C19H20N2O4.2ClH/c1-21(2)7-8-25-14-9-11(10-20)17(22)16-15(14)18(23)12-5-3-4-6-13(12)19(16)24;;/h3-6,9,22H,7-8,10,20H2,1-2H3;2*1H. The Kier molecular flexibility index (Phi) is 7.80. The second-order valence-electron chi connectivity index (χ2n) is 6.19. The summed E-state index contributed by atoms with van der Waals surface area (Å²) in [4.78, 5) is 27.7. The van der Waals surface area contributed by atoms with E-state index in [1.165, 1.54) is 0 Å². The molecule has 0 saturated carbocycles. The van der Waals surface area contributed by atoms with Crippen LogP contribution in [-0.4, -0.2) is 48.8 Å². The molecule has 27 heavy (non-hydrogen) atoms. The Morgan fingerprint density at radius 2 is 1.59 bits per heavy atom. The molecule has 0 amide bonds. The summed E-state index contributed by atoms with van der Waals surface area (Å²) < 4.78 is 5.77. The largest absolute Gasteiger partial charge is 0.507 e. The molecular formula is C19H22Cl2N2O4. The van der Waals surface area contributed by atoms with Gasteiger partial charge in [-0.3, -0.25) is 9.59 Å². The van der Waals surface area contributed by atoms with E-state index in [-0.39, 0.29) is 65.3 Å². The van der Waals surface area contributed by atoms with Crippen LogP contribution in [0.1, 0.15) is 37.4 Å². The van der Waals surface area contributed by atoms with Gasteiger partial charge in [0.2, 0.25) is 0 Å². The molecule has 2 aromatic rings. The van der Waals surface area contributed by atoms with Crippen molar-refractivity contribution in [2.45, 2.75) is 6.54 Å². The molecule has 0 aliphatic heterocycles. The van der Waals surface area contributed by atoms with Crippen molar-refractivity contribution in [2.75, 3.05) is 27.2 Å². The zero-order chi connectivity index (χ0) is 18.1. The third-order valence-corrected chi connectivity index (χ3v) is 4.23. The van der Waals surface area contributed by atoms with Crippen LogP contribution in [0.2, 0.25) is 0 Å². The molecule has 0 unspecified atom stereocenters. The number of phenolic OH excluding ortho intramolecular Hbond substituents is 1. The van der Waals surface area contributed by atoms with Gasteiger partial charge in [0, 0.05) is 29.8 Å². The molecule has 0 bridgehead atoms. The Morgan fingerprint density at radius 1 is 1.04 bits per heavy atom. The number of ketones is 2. The smallest absolute Gasteiger partial charge is 0.198 e. The van der Waals surface area contributed by atoms with Crippen molar-refractivity contribution in [3.8, 4) is 11.5 Å². The van der Waals surface area contributed by atoms with Crippen LogP contribution in [0.25, 0.3) is 0 Å². The van der Waals surface area contributed by atoms with Gasteiger partial charge in [-0.2, -0.15) is 0 Å². The number of benzene rings is 2. The molecule has 0 heterocycles. The topological polar surface area (TPSA) is 92.9 Å².